The number of hydrogen-bond acceptors (Lipinski definition) is 2. The van der Waals surface area contributed by atoms with Crippen LogP contribution in [-0.2, 0) is 22.6 Å². The highest BCUT2D eigenvalue weighted by molar-refractivity contribution is 6.36. The number of hydrogen-bond donors (Lipinski definition) is 1. The van der Waals surface area contributed by atoms with Crippen molar-refractivity contribution >= 4 is 35.0 Å². The molecule has 2 amide bonds. The van der Waals surface area contributed by atoms with Crippen molar-refractivity contribution in [3.8, 4) is 0 Å². The Morgan fingerprint density at radius 1 is 1.07 bits per heavy atom. The quantitative estimate of drug-likeness (QED) is 0.597. The predicted molar refractivity (Wildman–Crippen MR) is 114 cm³/mol. The summed E-state index contributed by atoms with van der Waals surface area (Å²) in [7, 11) is 0. The predicted octanol–water partition coefficient (Wildman–Crippen LogP) is 5.01. The van der Waals surface area contributed by atoms with Crippen LogP contribution in [0.15, 0.2) is 42.5 Å². The number of nitrogens with zero attached hydrogens (tertiary/aromatic N) is 1. The first-order chi connectivity index (χ1) is 13.9. The molecule has 2 aromatic carbocycles. The van der Waals surface area contributed by atoms with E-state index >= 15 is 0 Å². The molecule has 0 saturated carbocycles. The Morgan fingerprint density at radius 2 is 1.69 bits per heavy atom. The van der Waals surface area contributed by atoms with E-state index in [9.17, 15) is 14.0 Å². The van der Waals surface area contributed by atoms with Crippen LogP contribution in [0.2, 0.25) is 10.0 Å². The number of rotatable bonds is 9. The van der Waals surface area contributed by atoms with Gasteiger partial charge in [0.25, 0.3) is 0 Å². The minimum Gasteiger partial charge on any atom is -0.354 e. The van der Waals surface area contributed by atoms with Crippen LogP contribution in [0.1, 0.15) is 37.8 Å². The average molecular weight is 439 g/mol. The lowest BCUT2D eigenvalue weighted by Gasteiger charge is -2.31. The van der Waals surface area contributed by atoms with Crippen LogP contribution in [-0.4, -0.2) is 29.3 Å². The van der Waals surface area contributed by atoms with Crippen molar-refractivity contribution < 1.29 is 14.0 Å². The molecule has 2 rings (SSSR count). The van der Waals surface area contributed by atoms with Crippen molar-refractivity contribution in [2.45, 2.75) is 45.7 Å². The SMILES string of the molecule is CCCNC(=O)C(CC)N(Cc1c(Cl)cccc1Cl)C(=O)Cc1ccc(F)cc1. The molecule has 4 nitrogen and oxygen atoms in total. The van der Waals surface area contributed by atoms with Crippen molar-refractivity contribution in [1.82, 2.24) is 10.2 Å². The van der Waals surface area contributed by atoms with Gasteiger partial charge in [0, 0.05) is 28.7 Å². The van der Waals surface area contributed by atoms with Crippen molar-refractivity contribution in [1.29, 1.82) is 0 Å². The third-order valence-electron chi connectivity index (χ3n) is 4.59. The van der Waals surface area contributed by atoms with Gasteiger partial charge in [-0.15, -0.1) is 0 Å². The fourth-order valence-electron chi connectivity index (χ4n) is 3.02. The monoisotopic (exact) mass is 438 g/mol. The molecule has 0 radical (unpaired) electrons. The maximum absolute atomic E-state index is 13.2. The molecular weight excluding hydrogens is 414 g/mol. The van der Waals surface area contributed by atoms with E-state index in [0.717, 1.165) is 6.42 Å². The fourth-order valence-corrected chi connectivity index (χ4v) is 3.53. The van der Waals surface area contributed by atoms with Gasteiger partial charge in [0.05, 0.1) is 6.42 Å². The van der Waals surface area contributed by atoms with E-state index in [0.29, 0.717) is 34.1 Å². The smallest absolute Gasteiger partial charge is 0.242 e. The van der Waals surface area contributed by atoms with E-state index in [-0.39, 0.29) is 30.6 Å². The molecule has 7 heteroatoms. The molecule has 156 valence electrons. The second kappa shape index (κ2) is 11.2. The van der Waals surface area contributed by atoms with E-state index in [1.807, 2.05) is 13.8 Å². The second-order valence-corrected chi connectivity index (χ2v) is 7.55. The van der Waals surface area contributed by atoms with Gasteiger partial charge in [-0.3, -0.25) is 9.59 Å². The van der Waals surface area contributed by atoms with Gasteiger partial charge in [-0.1, -0.05) is 55.2 Å². The lowest BCUT2D eigenvalue weighted by Crippen LogP contribution is -2.49. The number of carbonyl (C=O) groups excluding carboxylic acids is 2. The molecule has 0 aliphatic heterocycles. The average Bonchev–Trinajstić information content (AvgIpc) is 2.70. The summed E-state index contributed by atoms with van der Waals surface area (Å²) in [5, 5.41) is 3.72. The van der Waals surface area contributed by atoms with Gasteiger partial charge in [-0.05, 0) is 42.7 Å². The van der Waals surface area contributed by atoms with Crippen LogP contribution in [0.5, 0.6) is 0 Å². The zero-order valence-electron chi connectivity index (χ0n) is 16.6. The summed E-state index contributed by atoms with van der Waals surface area (Å²) < 4.78 is 13.2. The van der Waals surface area contributed by atoms with Crippen LogP contribution in [0.4, 0.5) is 4.39 Å². The van der Waals surface area contributed by atoms with Gasteiger partial charge >= 0.3 is 0 Å². The van der Waals surface area contributed by atoms with Gasteiger partial charge in [-0.25, -0.2) is 4.39 Å². The van der Waals surface area contributed by atoms with Crippen LogP contribution < -0.4 is 5.32 Å². The summed E-state index contributed by atoms with van der Waals surface area (Å²) in [6.07, 6.45) is 1.27. The Bertz CT molecular complexity index is 823. The first-order valence-electron chi connectivity index (χ1n) is 9.61. The largest absolute Gasteiger partial charge is 0.354 e. The van der Waals surface area contributed by atoms with E-state index in [1.54, 1.807) is 30.3 Å². The third-order valence-corrected chi connectivity index (χ3v) is 5.30. The summed E-state index contributed by atoms with van der Waals surface area (Å²) in [4.78, 5) is 27.4. The van der Waals surface area contributed by atoms with Crippen molar-refractivity contribution in [3.05, 3.63) is 69.5 Å². The van der Waals surface area contributed by atoms with Gasteiger partial charge in [0.15, 0.2) is 0 Å². The van der Waals surface area contributed by atoms with E-state index in [1.165, 1.54) is 17.0 Å². The zero-order chi connectivity index (χ0) is 21.4. The van der Waals surface area contributed by atoms with Crippen LogP contribution in [0.3, 0.4) is 0 Å². The molecular formula is C22H25Cl2FN2O2. The standard InChI is InChI=1S/C22H25Cl2FN2O2/c1-3-12-26-22(29)20(4-2)27(14-17-18(23)6-5-7-19(17)24)21(28)13-15-8-10-16(25)11-9-15/h5-11,20H,3-4,12-14H2,1-2H3,(H,26,29). The highest BCUT2D eigenvalue weighted by Gasteiger charge is 2.29. The summed E-state index contributed by atoms with van der Waals surface area (Å²) in [6.45, 7) is 4.45. The van der Waals surface area contributed by atoms with Crippen molar-refractivity contribution in [2.75, 3.05) is 6.54 Å². The molecule has 0 spiro atoms. The molecule has 0 aromatic heterocycles. The van der Waals surface area contributed by atoms with Crippen LogP contribution in [0.25, 0.3) is 0 Å². The number of halogens is 3. The fraction of sp³-hybridized carbons (Fsp3) is 0.364. The van der Waals surface area contributed by atoms with Gasteiger partial charge in [-0.2, -0.15) is 0 Å². The van der Waals surface area contributed by atoms with Gasteiger partial charge in [0.2, 0.25) is 11.8 Å². The molecule has 1 atom stereocenters. The number of benzene rings is 2. The molecule has 1 unspecified atom stereocenters. The van der Waals surface area contributed by atoms with E-state index < -0.39 is 6.04 Å². The summed E-state index contributed by atoms with van der Waals surface area (Å²) >= 11 is 12.6. The molecule has 1 N–H and O–H groups in total. The Hall–Kier alpha value is -2.11. The molecule has 0 heterocycles. The third kappa shape index (κ3) is 6.44. The first-order valence-corrected chi connectivity index (χ1v) is 10.4. The summed E-state index contributed by atoms with van der Waals surface area (Å²) in [5.74, 6) is -0.845. The lowest BCUT2D eigenvalue weighted by molar-refractivity contribution is -0.140. The van der Waals surface area contributed by atoms with Crippen molar-refractivity contribution in [3.63, 3.8) is 0 Å². The van der Waals surface area contributed by atoms with Gasteiger partial charge < -0.3 is 10.2 Å². The minimum atomic E-state index is -0.665. The van der Waals surface area contributed by atoms with Gasteiger partial charge in [0.1, 0.15) is 11.9 Å². The topological polar surface area (TPSA) is 49.4 Å². The Labute approximate surface area is 181 Å². The molecule has 29 heavy (non-hydrogen) atoms. The highest BCUT2D eigenvalue weighted by Crippen LogP contribution is 2.27. The molecule has 0 aliphatic carbocycles. The van der Waals surface area contributed by atoms with E-state index in [2.05, 4.69) is 5.32 Å². The van der Waals surface area contributed by atoms with Crippen LogP contribution in [0, 0.1) is 5.82 Å². The summed E-state index contributed by atoms with van der Waals surface area (Å²) in [6, 6.07) is 10.2. The molecule has 2 aromatic rings. The number of nitrogens with one attached hydrogen (secondary N) is 1. The van der Waals surface area contributed by atoms with Crippen molar-refractivity contribution in [2.24, 2.45) is 0 Å². The summed E-state index contributed by atoms with van der Waals surface area (Å²) in [5.41, 5.74) is 1.25. The lowest BCUT2D eigenvalue weighted by atomic mass is 10.1. The zero-order valence-corrected chi connectivity index (χ0v) is 18.1. The van der Waals surface area contributed by atoms with E-state index in [4.69, 9.17) is 23.2 Å². The van der Waals surface area contributed by atoms with Crippen LogP contribution >= 0.6 is 23.2 Å². The minimum absolute atomic E-state index is 0.0416. The first kappa shape index (κ1) is 23.2. The maximum Gasteiger partial charge on any atom is 0.242 e. The normalized spacial score (nSPS) is 11.8. The molecule has 0 saturated heterocycles. The molecule has 0 aliphatic rings. The Morgan fingerprint density at radius 3 is 2.24 bits per heavy atom. The maximum atomic E-state index is 13.2. The molecule has 0 bridgehead atoms. The molecule has 0 fully saturated rings. The number of carbonyl (C=O) groups is 2. The Balaban J connectivity index is 2.33. The Kier molecular flexibility index (Phi) is 8.93. The second-order valence-electron chi connectivity index (χ2n) is 6.74. The number of amides is 2. The highest BCUT2D eigenvalue weighted by atomic mass is 35.5.